The van der Waals surface area contributed by atoms with Gasteiger partial charge in [0.25, 0.3) is 0 Å². The summed E-state index contributed by atoms with van der Waals surface area (Å²) in [6, 6.07) is 49.3. The van der Waals surface area contributed by atoms with E-state index in [9.17, 15) is 0 Å². The van der Waals surface area contributed by atoms with Gasteiger partial charge in [0.05, 0.1) is 16.7 Å². The average Bonchev–Trinajstić information content (AvgIpc) is 3.18. The first-order chi connectivity index (χ1) is 23.8. The molecular formula is C44H28N4. The first-order valence-electron chi connectivity index (χ1n) is 16.0. The normalized spacial score (nSPS) is 11.3. The van der Waals surface area contributed by atoms with E-state index in [0.29, 0.717) is 0 Å². The van der Waals surface area contributed by atoms with E-state index in [1.807, 2.05) is 55.2 Å². The van der Waals surface area contributed by atoms with Crippen molar-refractivity contribution < 1.29 is 0 Å². The molecule has 0 bridgehead atoms. The molecule has 0 saturated heterocycles. The molecule has 0 atom stereocenters. The molecule has 0 spiro atoms. The van der Waals surface area contributed by atoms with E-state index in [2.05, 4.69) is 125 Å². The monoisotopic (exact) mass is 612 g/mol. The van der Waals surface area contributed by atoms with E-state index in [1.165, 1.54) is 10.8 Å². The van der Waals surface area contributed by atoms with Crippen LogP contribution in [0.3, 0.4) is 0 Å². The molecule has 4 aromatic heterocycles. The van der Waals surface area contributed by atoms with Crippen LogP contribution in [0.15, 0.2) is 171 Å². The van der Waals surface area contributed by atoms with Gasteiger partial charge in [-0.05, 0) is 98.8 Å². The van der Waals surface area contributed by atoms with Gasteiger partial charge in [0.1, 0.15) is 0 Å². The van der Waals surface area contributed by atoms with Crippen LogP contribution in [0.1, 0.15) is 0 Å². The average molecular weight is 613 g/mol. The lowest BCUT2D eigenvalue weighted by atomic mass is 9.92. The summed E-state index contributed by atoms with van der Waals surface area (Å²) < 4.78 is 0. The van der Waals surface area contributed by atoms with E-state index in [0.717, 1.165) is 77.6 Å². The van der Waals surface area contributed by atoms with Crippen molar-refractivity contribution >= 4 is 32.6 Å². The molecule has 9 aromatic rings. The number of aromatic nitrogens is 4. The maximum Gasteiger partial charge on any atom is 0.0978 e. The topological polar surface area (TPSA) is 51.6 Å². The molecule has 48 heavy (non-hydrogen) atoms. The molecule has 4 nitrogen and oxygen atoms in total. The fourth-order valence-electron chi connectivity index (χ4n) is 6.61. The van der Waals surface area contributed by atoms with Crippen LogP contribution in [-0.2, 0) is 0 Å². The lowest BCUT2D eigenvalue weighted by Gasteiger charge is -2.14. The third-order valence-corrected chi connectivity index (χ3v) is 9.03. The minimum Gasteiger partial charge on any atom is -0.264 e. The minimum absolute atomic E-state index is 0.915. The quantitative estimate of drug-likeness (QED) is 0.181. The lowest BCUT2D eigenvalue weighted by Crippen LogP contribution is -1.92. The fraction of sp³-hybridized carbons (Fsp3) is 0. The molecule has 224 valence electrons. The third-order valence-electron chi connectivity index (χ3n) is 9.03. The number of hydrogen-bond donors (Lipinski definition) is 0. The Hall–Kier alpha value is -6.52. The molecule has 5 aromatic carbocycles. The summed E-state index contributed by atoms with van der Waals surface area (Å²) in [6.07, 6.45) is 9.29. The van der Waals surface area contributed by atoms with Crippen molar-refractivity contribution in [3.8, 4) is 55.8 Å². The highest BCUT2D eigenvalue weighted by Gasteiger charge is 2.14. The second kappa shape index (κ2) is 11.7. The van der Waals surface area contributed by atoms with Crippen molar-refractivity contribution in [1.29, 1.82) is 0 Å². The molecule has 4 heteroatoms. The molecule has 0 aliphatic heterocycles. The Morgan fingerprint density at radius 3 is 1.65 bits per heavy atom. The van der Waals surface area contributed by atoms with Gasteiger partial charge in [-0.3, -0.25) is 15.0 Å². The SMILES string of the molecule is c1ccc(-c2cc(-c3ccc4cc(-c5cc(-c6cccnc6)cc(-c6cccnc6)c5)ccc4c3)c3ccc4cccnc4c3n2)cc1. The Kier molecular flexibility index (Phi) is 6.76. The van der Waals surface area contributed by atoms with E-state index in [4.69, 9.17) is 9.97 Å². The van der Waals surface area contributed by atoms with Gasteiger partial charge >= 0.3 is 0 Å². The Morgan fingerprint density at radius 1 is 0.354 bits per heavy atom. The van der Waals surface area contributed by atoms with E-state index in [-0.39, 0.29) is 0 Å². The molecule has 9 rings (SSSR count). The predicted molar refractivity (Wildman–Crippen MR) is 197 cm³/mol. The van der Waals surface area contributed by atoms with Crippen molar-refractivity contribution in [3.63, 3.8) is 0 Å². The smallest absolute Gasteiger partial charge is 0.0978 e. The van der Waals surface area contributed by atoms with Crippen molar-refractivity contribution in [1.82, 2.24) is 19.9 Å². The molecule has 0 unspecified atom stereocenters. The zero-order chi connectivity index (χ0) is 31.9. The zero-order valence-electron chi connectivity index (χ0n) is 26.0. The molecular weight excluding hydrogens is 585 g/mol. The predicted octanol–water partition coefficient (Wildman–Crippen LogP) is 11.1. The van der Waals surface area contributed by atoms with E-state index in [1.54, 1.807) is 0 Å². The Bertz CT molecular complexity index is 2540. The minimum atomic E-state index is 0.915. The summed E-state index contributed by atoms with van der Waals surface area (Å²) in [5.41, 5.74) is 12.8. The van der Waals surface area contributed by atoms with Crippen LogP contribution in [0.4, 0.5) is 0 Å². The number of fused-ring (bicyclic) bond motifs is 4. The first kappa shape index (κ1) is 27.8. The number of pyridine rings is 4. The zero-order valence-corrected chi connectivity index (χ0v) is 26.0. The van der Waals surface area contributed by atoms with Crippen LogP contribution in [0.25, 0.3) is 88.3 Å². The van der Waals surface area contributed by atoms with Crippen molar-refractivity contribution in [3.05, 3.63) is 171 Å². The van der Waals surface area contributed by atoms with E-state index < -0.39 is 0 Å². The molecule has 0 fully saturated rings. The van der Waals surface area contributed by atoms with Gasteiger partial charge < -0.3 is 0 Å². The first-order valence-corrected chi connectivity index (χ1v) is 16.0. The Morgan fingerprint density at radius 2 is 0.958 bits per heavy atom. The van der Waals surface area contributed by atoms with Crippen LogP contribution < -0.4 is 0 Å². The van der Waals surface area contributed by atoms with Crippen molar-refractivity contribution in [2.75, 3.05) is 0 Å². The Balaban J connectivity index is 1.18. The van der Waals surface area contributed by atoms with Crippen LogP contribution >= 0.6 is 0 Å². The van der Waals surface area contributed by atoms with Gasteiger partial charge in [-0.15, -0.1) is 0 Å². The third kappa shape index (κ3) is 5.06. The number of benzene rings is 5. The molecule has 0 aliphatic rings. The number of hydrogen-bond acceptors (Lipinski definition) is 4. The summed E-state index contributed by atoms with van der Waals surface area (Å²) in [6.45, 7) is 0. The molecule has 0 amide bonds. The summed E-state index contributed by atoms with van der Waals surface area (Å²) in [4.78, 5) is 18.7. The molecule has 4 heterocycles. The molecule has 0 N–H and O–H groups in total. The fourth-order valence-corrected chi connectivity index (χ4v) is 6.61. The maximum atomic E-state index is 5.15. The highest BCUT2D eigenvalue weighted by Crippen LogP contribution is 2.38. The summed E-state index contributed by atoms with van der Waals surface area (Å²) in [7, 11) is 0. The van der Waals surface area contributed by atoms with Gasteiger partial charge in [-0.1, -0.05) is 84.9 Å². The van der Waals surface area contributed by atoms with Gasteiger partial charge in [-0.2, -0.15) is 0 Å². The van der Waals surface area contributed by atoms with E-state index >= 15 is 0 Å². The maximum absolute atomic E-state index is 5.15. The summed E-state index contributed by atoms with van der Waals surface area (Å²) in [5.74, 6) is 0. The highest BCUT2D eigenvalue weighted by molar-refractivity contribution is 6.09. The lowest BCUT2D eigenvalue weighted by molar-refractivity contribution is 1.32. The van der Waals surface area contributed by atoms with Crippen LogP contribution in [0.5, 0.6) is 0 Å². The molecule has 0 saturated carbocycles. The highest BCUT2D eigenvalue weighted by atomic mass is 14.8. The van der Waals surface area contributed by atoms with Gasteiger partial charge in [0.2, 0.25) is 0 Å². The number of rotatable bonds is 5. The summed E-state index contributed by atoms with van der Waals surface area (Å²) >= 11 is 0. The van der Waals surface area contributed by atoms with Crippen molar-refractivity contribution in [2.24, 2.45) is 0 Å². The second-order valence-corrected chi connectivity index (χ2v) is 12.0. The molecule has 0 radical (unpaired) electrons. The van der Waals surface area contributed by atoms with Gasteiger partial charge in [-0.25, -0.2) is 4.98 Å². The van der Waals surface area contributed by atoms with Gasteiger partial charge in [0, 0.05) is 58.4 Å². The largest absolute Gasteiger partial charge is 0.264 e. The molecule has 0 aliphatic carbocycles. The summed E-state index contributed by atoms with van der Waals surface area (Å²) in [5, 5.41) is 4.53. The standard InChI is InChI=1S/C44H28N4/c1-2-7-29(8-3-1)42-26-41(40-17-16-30-9-6-20-47-43(30)44(40)48-42)34-15-14-31-21-33(13-12-32(31)22-34)37-23-38(35-10-4-18-45-27-35)25-39(24-37)36-11-5-19-46-28-36/h1-28H. The van der Waals surface area contributed by atoms with Crippen LogP contribution in [-0.4, -0.2) is 19.9 Å². The van der Waals surface area contributed by atoms with Crippen LogP contribution in [0, 0.1) is 0 Å². The number of nitrogens with zero attached hydrogens (tertiary/aromatic N) is 4. The Labute approximate surface area is 278 Å². The second-order valence-electron chi connectivity index (χ2n) is 12.0. The van der Waals surface area contributed by atoms with Gasteiger partial charge in [0.15, 0.2) is 0 Å². The van der Waals surface area contributed by atoms with Crippen LogP contribution in [0.2, 0.25) is 0 Å². The van der Waals surface area contributed by atoms with Crippen molar-refractivity contribution in [2.45, 2.75) is 0 Å².